The molecule has 12 aromatic carbocycles. The summed E-state index contributed by atoms with van der Waals surface area (Å²) in [4.78, 5) is 25.0. The molecule has 0 saturated carbocycles. The maximum Gasteiger partial charge on any atom is 0.151 e. The van der Waals surface area contributed by atoms with Crippen LogP contribution in [0.1, 0.15) is 111 Å². The van der Waals surface area contributed by atoms with Crippen LogP contribution in [0.25, 0.3) is 64.6 Å². The van der Waals surface area contributed by atoms with Gasteiger partial charge in [0.15, 0.2) is 34.9 Å². The second-order valence-electron chi connectivity index (χ2n) is 34.9. The van der Waals surface area contributed by atoms with Crippen LogP contribution in [0.4, 0.5) is 103 Å². The number of nitrogens with zero attached hydrogens (tertiary/aromatic N) is 18. The first-order valence-electron chi connectivity index (χ1n) is 47.5. The predicted molar refractivity (Wildman–Crippen MR) is 614 cm³/mol. The summed E-state index contributed by atoms with van der Waals surface area (Å²) >= 11 is 6.93. The molecule has 0 saturated heterocycles. The lowest BCUT2D eigenvalue weighted by Gasteiger charge is -2.07. The highest BCUT2D eigenvalue weighted by atomic mass is 79.9. The molecule has 6 aromatic heterocycles. The van der Waals surface area contributed by atoms with Gasteiger partial charge in [-0.3, -0.25) is 0 Å². The van der Waals surface area contributed by atoms with Crippen molar-refractivity contribution in [2.45, 2.75) is 80.1 Å². The van der Waals surface area contributed by atoms with Crippen LogP contribution >= 0.6 is 31.9 Å². The van der Waals surface area contributed by atoms with Crippen molar-refractivity contribution in [1.29, 1.82) is 37.9 Å². The van der Waals surface area contributed by atoms with Crippen LogP contribution in [0, 0.1) is 57.6 Å². The lowest BCUT2D eigenvalue weighted by molar-refractivity contribution is 0.245. The number of ether oxygens (including phenoxy) is 1. The summed E-state index contributed by atoms with van der Waals surface area (Å²) in [6.45, 7) is 11.8. The number of aliphatic hydroxyl groups is 2. The summed E-state index contributed by atoms with van der Waals surface area (Å²) in [5.74, 6) is 2.49. The lowest BCUT2D eigenvalue weighted by atomic mass is 10.0. The van der Waals surface area contributed by atoms with E-state index in [4.69, 9.17) is 87.2 Å². The molecule has 18 aromatic rings. The number of benzene rings is 12. The zero-order valence-corrected chi connectivity index (χ0v) is 86.6. The molecule has 6 heterocycles. The fourth-order valence-electron chi connectivity index (χ4n) is 15.0. The quantitative estimate of drug-likeness (QED) is 0.0113. The first-order valence-corrected chi connectivity index (χ1v) is 49.1. The third-order valence-electron chi connectivity index (χ3n) is 23.0. The Labute approximate surface area is 882 Å². The molecule has 0 aliphatic heterocycles. The van der Waals surface area contributed by atoms with Gasteiger partial charge in [-0.2, -0.15) is 30.7 Å². The van der Waals surface area contributed by atoms with E-state index in [1.165, 1.54) is 0 Å². The number of anilines is 6. The standard InChI is InChI=1S/C21H22BrN5.C21H23N5.C19H17BrN6.2C18H17N5O.C17H15N5O/c1-2-3-4-5-19(23)14-7-10-17(11-8-14)26-27-20-18-12-16(22)9-6-15(18)13-25-21(20)24;1-13(2)10-19(22)15-6-8-17(9-7-15)25-26-20-18-11-14(3)4-5-16(18)12-24-21(20)23;1-11(21)8-17(22)12-3-6-15(7-4-12)25-26-18-16-9-14(20)5-2-13(16)10-24-19(18)23;1-11-2-3-13-9-21-18(20)17(15(13)8-11)23-22-14-6-4-12(5-7-14)16(19)10-24;1-24-11-16(19)12-6-8-14(9-7-12)22-23-17-15-5-3-2-4-13(15)10-21-18(17)20;18-15(10-23)11-5-7-13(8-6-11)21-22-16-14-4-2-1-3-12(14)9-20-17(16)19/h6-13,23H,2-5H2,1H3,(H2,24,25);4-9,11-13,22H,10H2,1-3H3,(H2,23,24);2-7,9-10,21-22H,8H2,1H3,(H2,23,24);2-9,19,24H,10H2,1H3,(H2,20,21);2-10,19H,11H2,1H3,(H2,20,21);1-9,18,23H,10H2,(H2,19,20). The molecule has 150 heavy (non-hydrogen) atoms. The van der Waals surface area contributed by atoms with E-state index in [1.54, 1.807) is 136 Å². The molecule has 754 valence electrons. The van der Waals surface area contributed by atoms with Crippen molar-refractivity contribution in [2.24, 2.45) is 67.3 Å². The van der Waals surface area contributed by atoms with Gasteiger partial charge in [-0.05, 0) is 189 Å². The topological polar surface area (TPSA) is 598 Å². The van der Waals surface area contributed by atoms with E-state index in [0.29, 0.717) is 149 Å². The summed E-state index contributed by atoms with van der Waals surface area (Å²) in [6, 6.07) is 82.6. The number of azo groups is 6. The minimum absolute atomic E-state index is 0.163. The number of aromatic nitrogens is 6. The molecule has 0 aliphatic rings. The van der Waals surface area contributed by atoms with Crippen LogP contribution < -0.4 is 34.4 Å². The third kappa shape index (κ3) is 30.1. The molecular formula is C114H111Br2N31O3. The Kier molecular flexibility index (Phi) is 38.8. The Morgan fingerprint density at radius 3 is 0.860 bits per heavy atom. The average molecular weight is 2120 g/mol. The molecule has 0 radical (unpaired) electrons. The number of aryl methyl sites for hydroxylation is 2. The summed E-state index contributed by atoms with van der Waals surface area (Å²) in [5.41, 5.74) is 53.0. The van der Waals surface area contributed by atoms with Crippen LogP contribution in [-0.2, 0) is 4.74 Å². The van der Waals surface area contributed by atoms with E-state index in [9.17, 15) is 0 Å². The fraction of sp³-hybridized carbons (Fsp3) is 0.149. The van der Waals surface area contributed by atoms with Gasteiger partial charge < -0.3 is 87.2 Å². The van der Waals surface area contributed by atoms with Crippen LogP contribution in [0.2, 0.25) is 0 Å². The molecule has 36 heteroatoms. The zero-order valence-electron chi connectivity index (χ0n) is 83.4. The van der Waals surface area contributed by atoms with Gasteiger partial charge >= 0.3 is 0 Å². The zero-order chi connectivity index (χ0) is 107. The lowest BCUT2D eigenvalue weighted by Crippen LogP contribution is -2.06. The molecule has 21 N–H and O–H groups in total. The molecule has 18 rings (SSSR count). The molecule has 0 aliphatic carbocycles. The smallest absolute Gasteiger partial charge is 0.151 e. The van der Waals surface area contributed by atoms with Crippen molar-refractivity contribution in [2.75, 3.05) is 61.3 Å². The first-order chi connectivity index (χ1) is 72.4. The molecule has 0 bridgehead atoms. The van der Waals surface area contributed by atoms with Gasteiger partial charge in [0.25, 0.3) is 0 Å². The monoisotopic (exact) mass is 2120 g/mol. The fourth-order valence-corrected chi connectivity index (χ4v) is 15.7. The minimum atomic E-state index is -0.293. The Morgan fingerprint density at radius 1 is 0.313 bits per heavy atom. The predicted octanol–water partition coefficient (Wildman–Crippen LogP) is 30.4. The van der Waals surface area contributed by atoms with Crippen molar-refractivity contribution in [3.05, 3.63) is 358 Å². The normalized spacial score (nSPS) is 11.3. The van der Waals surface area contributed by atoms with E-state index >= 15 is 0 Å². The van der Waals surface area contributed by atoms with Gasteiger partial charge in [-0.25, -0.2) is 29.9 Å². The van der Waals surface area contributed by atoms with Crippen molar-refractivity contribution in [1.82, 2.24) is 29.9 Å². The Bertz CT molecular complexity index is 8150. The summed E-state index contributed by atoms with van der Waals surface area (Å²) in [7, 11) is 1.57. The summed E-state index contributed by atoms with van der Waals surface area (Å²) < 4.78 is 6.83. The third-order valence-corrected chi connectivity index (χ3v) is 24.0. The highest BCUT2D eigenvalue weighted by Crippen LogP contribution is 2.41. The number of unbranched alkanes of at least 4 members (excludes halogenated alkanes) is 2. The number of pyridine rings is 6. The average Bonchev–Trinajstić information content (AvgIpc) is 0.795. The van der Waals surface area contributed by atoms with Crippen LogP contribution in [-0.4, -0.2) is 107 Å². The van der Waals surface area contributed by atoms with Crippen LogP contribution in [0.3, 0.4) is 0 Å². The van der Waals surface area contributed by atoms with Gasteiger partial charge in [-0.1, -0.05) is 234 Å². The maximum absolute atomic E-state index is 8.98. The highest BCUT2D eigenvalue weighted by Gasteiger charge is 2.17. The van der Waals surface area contributed by atoms with E-state index < -0.39 is 0 Å². The van der Waals surface area contributed by atoms with Crippen molar-refractivity contribution >= 4 is 240 Å². The minimum Gasteiger partial charge on any atom is -0.390 e. The number of hydrogen-bond donors (Lipinski definition) is 15. The van der Waals surface area contributed by atoms with Crippen LogP contribution in [0.5, 0.6) is 0 Å². The summed E-state index contributed by atoms with van der Waals surface area (Å²) in [5, 5.41) is 135. The maximum atomic E-state index is 8.98. The number of nitrogens with two attached hydrogens (primary N) is 6. The first kappa shape index (κ1) is 109. The van der Waals surface area contributed by atoms with E-state index in [-0.39, 0.29) is 31.2 Å². The molecule has 0 unspecified atom stereocenters. The summed E-state index contributed by atoms with van der Waals surface area (Å²) in [6.07, 6.45) is 15.6. The van der Waals surface area contributed by atoms with Gasteiger partial charge in [-0.15, -0.1) is 30.7 Å². The van der Waals surface area contributed by atoms with Crippen molar-refractivity contribution in [3.8, 4) is 0 Å². The number of nitrogen functional groups attached to an aromatic ring is 6. The Balaban J connectivity index is 0.000000150. The molecule has 0 amide bonds. The molecule has 34 nitrogen and oxygen atoms in total. The Morgan fingerprint density at radius 2 is 0.573 bits per heavy atom. The molecule has 0 atom stereocenters. The number of rotatable bonds is 30. The van der Waals surface area contributed by atoms with Gasteiger partial charge in [0.05, 0.1) is 71.1 Å². The Hall–Kier alpha value is -18.0. The van der Waals surface area contributed by atoms with Gasteiger partial charge in [0.1, 0.15) is 34.1 Å². The number of fused-ring (bicyclic) bond motifs is 6. The molecular weight excluding hydrogens is 2010 g/mol. The number of aliphatic hydroxyl groups excluding tert-OH is 2. The number of hydrogen-bond acceptors (Lipinski definition) is 34. The number of nitrogens with one attached hydrogen (secondary N) is 7. The van der Waals surface area contributed by atoms with Crippen molar-refractivity contribution in [3.63, 3.8) is 0 Å². The second-order valence-corrected chi connectivity index (χ2v) is 36.7. The molecule has 0 fully saturated rings. The second kappa shape index (κ2) is 53.2. The van der Waals surface area contributed by atoms with E-state index in [2.05, 4.69) is 144 Å². The number of halogens is 2. The molecule has 0 spiro atoms. The van der Waals surface area contributed by atoms with E-state index in [1.807, 2.05) is 196 Å². The van der Waals surface area contributed by atoms with Gasteiger partial charge in [0, 0.05) is 147 Å². The van der Waals surface area contributed by atoms with Crippen molar-refractivity contribution < 1.29 is 14.9 Å². The van der Waals surface area contributed by atoms with Crippen LogP contribution in [0.15, 0.2) is 374 Å². The van der Waals surface area contributed by atoms with Gasteiger partial charge in [0.2, 0.25) is 0 Å². The SMILES string of the molecule is CC(=N)CC(=N)c1ccc(N=Nc2c(N)ncc3ccc(Br)cc23)cc1.CCCCCC(=N)c1ccc(N=Nc2c(N)ncc3ccc(Br)cc23)cc1.COCC(=N)c1ccc(N=Nc2c(N)ncc3ccccc23)cc1.Cc1ccc2cnc(N)c(N=Nc3ccc(C(=N)CC(C)C)cc3)c2c1.Cc1ccc2cnc(N)c(N=Nc3ccc(C(=N)CO)cc3)c2c1.N=C(CO)c1ccc(N=Nc2c(N)ncc3ccccc23)cc1. The largest absolute Gasteiger partial charge is 0.390 e. The number of methoxy groups -OCH3 is 1. The highest BCUT2D eigenvalue weighted by molar-refractivity contribution is 9.10. The van der Waals surface area contributed by atoms with E-state index in [0.717, 1.165) is 145 Å².